The first-order valence-electron chi connectivity index (χ1n) is 8.37. The lowest BCUT2D eigenvalue weighted by Gasteiger charge is -2.16. The summed E-state index contributed by atoms with van der Waals surface area (Å²) in [7, 11) is 0. The molecule has 4 N–H and O–H groups in total. The molecule has 2 aromatic rings. The predicted molar refractivity (Wildman–Crippen MR) is 98.8 cm³/mol. The van der Waals surface area contributed by atoms with Gasteiger partial charge in [-0.05, 0) is 48.4 Å². The van der Waals surface area contributed by atoms with Crippen LogP contribution in [0.15, 0.2) is 48.5 Å². The van der Waals surface area contributed by atoms with Gasteiger partial charge in [0, 0.05) is 36.4 Å². The first kappa shape index (κ1) is 17.5. The lowest BCUT2D eigenvalue weighted by atomic mass is 10.1. The van der Waals surface area contributed by atoms with Gasteiger partial charge in [0.2, 0.25) is 11.8 Å². The number of hydrogen-bond donors (Lipinski definition) is 3. The van der Waals surface area contributed by atoms with Crippen LogP contribution in [0.3, 0.4) is 0 Å². The van der Waals surface area contributed by atoms with Gasteiger partial charge in [0.15, 0.2) is 0 Å². The van der Waals surface area contributed by atoms with Crippen molar-refractivity contribution in [3.8, 4) is 0 Å². The number of nitrogens with two attached hydrogens (primary N) is 1. The van der Waals surface area contributed by atoms with Gasteiger partial charge in [-0.25, -0.2) is 4.79 Å². The molecular formula is C19H20N4O3. The average molecular weight is 352 g/mol. The van der Waals surface area contributed by atoms with E-state index in [9.17, 15) is 14.4 Å². The maximum absolute atomic E-state index is 12.0. The Kier molecular flexibility index (Phi) is 5.17. The lowest BCUT2D eigenvalue weighted by Crippen LogP contribution is -2.28. The van der Waals surface area contributed by atoms with Crippen LogP contribution in [0, 0.1) is 0 Å². The van der Waals surface area contributed by atoms with E-state index < -0.39 is 5.91 Å². The fraction of sp³-hybridized carbons (Fsp3) is 0.211. The quantitative estimate of drug-likeness (QED) is 0.768. The highest BCUT2D eigenvalue weighted by atomic mass is 16.2. The molecule has 1 fully saturated rings. The molecule has 0 aromatic heterocycles. The molecule has 3 rings (SSSR count). The van der Waals surface area contributed by atoms with Gasteiger partial charge < -0.3 is 21.3 Å². The van der Waals surface area contributed by atoms with Crippen LogP contribution in [0.2, 0.25) is 0 Å². The number of urea groups is 1. The SMILES string of the molecule is NC(=O)c1cccc(CNC(=O)Nc2ccc(N3CCCC3=O)cc2)c1. The van der Waals surface area contributed by atoms with Crippen molar-refractivity contribution >= 4 is 29.2 Å². The zero-order chi connectivity index (χ0) is 18.5. The number of rotatable bonds is 5. The van der Waals surface area contributed by atoms with E-state index in [1.165, 1.54) is 0 Å². The molecule has 7 heteroatoms. The van der Waals surface area contributed by atoms with E-state index in [1.807, 2.05) is 12.1 Å². The summed E-state index contributed by atoms with van der Waals surface area (Å²) in [5, 5.41) is 5.46. The Balaban J connectivity index is 1.54. The van der Waals surface area contributed by atoms with E-state index in [2.05, 4.69) is 10.6 Å². The second-order valence-corrected chi connectivity index (χ2v) is 6.07. The summed E-state index contributed by atoms with van der Waals surface area (Å²) in [6, 6.07) is 13.6. The van der Waals surface area contributed by atoms with Crippen molar-refractivity contribution in [1.82, 2.24) is 5.32 Å². The van der Waals surface area contributed by atoms with Gasteiger partial charge in [-0.3, -0.25) is 9.59 Å². The van der Waals surface area contributed by atoms with E-state index in [-0.39, 0.29) is 18.5 Å². The molecule has 0 unspecified atom stereocenters. The highest BCUT2D eigenvalue weighted by Gasteiger charge is 2.21. The highest BCUT2D eigenvalue weighted by molar-refractivity contribution is 5.96. The van der Waals surface area contributed by atoms with Crippen molar-refractivity contribution in [1.29, 1.82) is 0 Å². The van der Waals surface area contributed by atoms with Crippen molar-refractivity contribution in [3.05, 3.63) is 59.7 Å². The molecular weight excluding hydrogens is 332 g/mol. The van der Waals surface area contributed by atoms with Crippen molar-refractivity contribution in [2.75, 3.05) is 16.8 Å². The Labute approximate surface area is 151 Å². The summed E-state index contributed by atoms with van der Waals surface area (Å²) in [5.41, 5.74) is 7.88. The fourth-order valence-electron chi connectivity index (χ4n) is 2.84. The number of nitrogens with zero attached hydrogens (tertiary/aromatic N) is 1. The number of carbonyl (C=O) groups excluding carboxylic acids is 3. The summed E-state index contributed by atoms with van der Waals surface area (Å²) in [6.45, 7) is 1.00. The molecule has 1 heterocycles. The minimum absolute atomic E-state index is 0.127. The fourth-order valence-corrected chi connectivity index (χ4v) is 2.84. The first-order valence-corrected chi connectivity index (χ1v) is 8.37. The highest BCUT2D eigenvalue weighted by Crippen LogP contribution is 2.22. The third-order valence-corrected chi connectivity index (χ3v) is 4.17. The normalized spacial score (nSPS) is 13.5. The van der Waals surface area contributed by atoms with E-state index >= 15 is 0 Å². The van der Waals surface area contributed by atoms with Gasteiger partial charge in [0.05, 0.1) is 0 Å². The van der Waals surface area contributed by atoms with Crippen LogP contribution in [0.25, 0.3) is 0 Å². The van der Waals surface area contributed by atoms with E-state index in [0.717, 1.165) is 24.2 Å². The maximum Gasteiger partial charge on any atom is 0.319 e. The van der Waals surface area contributed by atoms with Gasteiger partial charge in [0.1, 0.15) is 0 Å². The molecule has 0 atom stereocenters. The van der Waals surface area contributed by atoms with Gasteiger partial charge in [0.25, 0.3) is 0 Å². The van der Waals surface area contributed by atoms with Crippen molar-refractivity contribution in [2.24, 2.45) is 5.73 Å². The number of benzene rings is 2. The monoisotopic (exact) mass is 352 g/mol. The minimum atomic E-state index is -0.507. The zero-order valence-electron chi connectivity index (χ0n) is 14.2. The van der Waals surface area contributed by atoms with Gasteiger partial charge in [-0.1, -0.05) is 12.1 Å². The van der Waals surface area contributed by atoms with Crippen molar-refractivity contribution in [3.63, 3.8) is 0 Å². The number of hydrogen-bond acceptors (Lipinski definition) is 3. The Bertz CT molecular complexity index is 833. The molecule has 1 aliphatic heterocycles. The van der Waals surface area contributed by atoms with Crippen LogP contribution in [-0.2, 0) is 11.3 Å². The van der Waals surface area contributed by atoms with Crippen molar-refractivity contribution in [2.45, 2.75) is 19.4 Å². The summed E-state index contributed by atoms with van der Waals surface area (Å²) < 4.78 is 0. The second-order valence-electron chi connectivity index (χ2n) is 6.07. The van der Waals surface area contributed by atoms with Crippen LogP contribution in [0.1, 0.15) is 28.8 Å². The topological polar surface area (TPSA) is 105 Å². The van der Waals surface area contributed by atoms with Crippen LogP contribution in [0.5, 0.6) is 0 Å². The molecule has 4 amide bonds. The Hall–Kier alpha value is -3.35. The van der Waals surface area contributed by atoms with E-state index in [1.54, 1.807) is 41.3 Å². The molecule has 7 nitrogen and oxygen atoms in total. The van der Waals surface area contributed by atoms with Crippen LogP contribution >= 0.6 is 0 Å². The standard InChI is InChI=1S/C19H20N4O3/c20-18(25)14-4-1-3-13(11-14)12-21-19(26)22-15-6-8-16(9-7-15)23-10-2-5-17(23)24/h1,3-4,6-9,11H,2,5,10,12H2,(H2,20,25)(H2,21,22,26). The molecule has 1 aliphatic rings. The molecule has 26 heavy (non-hydrogen) atoms. The van der Waals surface area contributed by atoms with Crippen LogP contribution in [0.4, 0.5) is 16.2 Å². The Morgan fingerprint density at radius 3 is 2.54 bits per heavy atom. The second kappa shape index (κ2) is 7.69. The third kappa shape index (κ3) is 4.18. The predicted octanol–water partition coefficient (Wildman–Crippen LogP) is 2.23. The van der Waals surface area contributed by atoms with E-state index in [0.29, 0.717) is 17.7 Å². The summed E-state index contributed by atoms with van der Waals surface area (Å²) in [6.07, 6.45) is 1.46. The molecule has 0 spiro atoms. The largest absolute Gasteiger partial charge is 0.366 e. The number of carbonyl (C=O) groups is 3. The number of anilines is 2. The van der Waals surface area contributed by atoms with E-state index in [4.69, 9.17) is 5.73 Å². The van der Waals surface area contributed by atoms with Crippen LogP contribution in [-0.4, -0.2) is 24.4 Å². The minimum Gasteiger partial charge on any atom is -0.366 e. The molecule has 1 saturated heterocycles. The molecule has 2 aromatic carbocycles. The van der Waals surface area contributed by atoms with Crippen LogP contribution < -0.4 is 21.3 Å². The molecule has 134 valence electrons. The first-order chi connectivity index (χ1) is 12.5. The number of primary amides is 1. The Morgan fingerprint density at radius 1 is 1.12 bits per heavy atom. The summed E-state index contributed by atoms with van der Waals surface area (Å²) >= 11 is 0. The molecule has 0 bridgehead atoms. The van der Waals surface area contributed by atoms with Crippen molar-refractivity contribution < 1.29 is 14.4 Å². The van der Waals surface area contributed by atoms with Gasteiger partial charge in [-0.2, -0.15) is 0 Å². The van der Waals surface area contributed by atoms with Gasteiger partial charge in [-0.15, -0.1) is 0 Å². The number of nitrogens with one attached hydrogen (secondary N) is 2. The van der Waals surface area contributed by atoms with Gasteiger partial charge >= 0.3 is 6.03 Å². The smallest absolute Gasteiger partial charge is 0.319 e. The molecule has 0 aliphatic carbocycles. The average Bonchev–Trinajstić information content (AvgIpc) is 3.07. The number of amides is 4. The molecule has 0 saturated carbocycles. The lowest BCUT2D eigenvalue weighted by molar-refractivity contribution is -0.117. The molecule has 0 radical (unpaired) electrons. The third-order valence-electron chi connectivity index (χ3n) is 4.17. The maximum atomic E-state index is 12.0. The zero-order valence-corrected chi connectivity index (χ0v) is 14.2. The Morgan fingerprint density at radius 2 is 1.88 bits per heavy atom. The summed E-state index contributed by atoms with van der Waals surface area (Å²) in [5.74, 6) is -0.380. The summed E-state index contributed by atoms with van der Waals surface area (Å²) in [4.78, 5) is 36.7.